The number of halogens is 5. The smallest absolute Gasteiger partial charge is 0.324 e. The molecule has 1 amide bonds. The molecule has 0 saturated carbocycles. The first-order valence-electron chi connectivity index (χ1n) is 6.19. The Bertz CT molecular complexity index is 802. The number of alkyl halides is 3. The van der Waals surface area contributed by atoms with Crippen molar-refractivity contribution < 1.29 is 22.4 Å². The van der Waals surface area contributed by atoms with E-state index in [1.807, 2.05) is 0 Å². The third-order valence-electron chi connectivity index (χ3n) is 2.83. The predicted octanol–water partition coefficient (Wildman–Crippen LogP) is 3.30. The largest absolute Gasteiger partial charge is 0.417 e. The van der Waals surface area contributed by atoms with E-state index in [4.69, 9.17) is 11.6 Å². The first-order valence-corrected chi connectivity index (χ1v) is 6.57. The van der Waals surface area contributed by atoms with Gasteiger partial charge < -0.3 is 9.88 Å². The van der Waals surface area contributed by atoms with E-state index < -0.39 is 35.6 Å². The minimum atomic E-state index is -4.63. The van der Waals surface area contributed by atoms with Gasteiger partial charge >= 0.3 is 6.18 Å². The van der Waals surface area contributed by atoms with Crippen LogP contribution in [0.2, 0.25) is 5.02 Å². The molecule has 1 N–H and O–H groups in total. The number of carbonyl (C=O) groups excluding carboxylic acids is 1. The number of amides is 1. The first kappa shape index (κ1) is 17.0. The highest BCUT2D eigenvalue weighted by Crippen LogP contribution is 2.28. The molecule has 1 aromatic carbocycles. The van der Waals surface area contributed by atoms with Gasteiger partial charge in [-0.25, -0.2) is 4.39 Å². The molecule has 0 aliphatic rings. The number of aromatic nitrogens is 1. The van der Waals surface area contributed by atoms with Crippen molar-refractivity contribution in [1.29, 1.82) is 0 Å². The van der Waals surface area contributed by atoms with Gasteiger partial charge in [0.1, 0.15) is 12.4 Å². The lowest BCUT2D eigenvalue weighted by atomic mass is 10.2. The maximum Gasteiger partial charge on any atom is 0.417 e. The predicted molar refractivity (Wildman–Crippen MR) is 75.7 cm³/mol. The summed E-state index contributed by atoms with van der Waals surface area (Å²) >= 11 is 5.55. The summed E-state index contributed by atoms with van der Waals surface area (Å²) in [5.74, 6) is -1.44. The van der Waals surface area contributed by atoms with Gasteiger partial charge in [-0.3, -0.25) is 9.59 Å². The van der Waals surface area contributed by atoms with E-state index >= 15 is 0 Å². The number of nitrogens with zero attached hydrogens (tertiary/aromatic N) is 1. The van der Waals surface area contributed by atoms with Crippen LogP contribution in [-0.2, 0) is 17.5 Å². The second-order valence-corrected chi connectivity index (χ2v) is 4.97. The molecule has 9 heteroatoms. The van der Waals surface area contributed by atoms with Crippen LogP contribution in [-0.4, -0.2) is 10.5 Å². The van der Waals surface area contributed by atoms with Crippen molar-refractivity contribution in [2.45, 2.75) is 12.7 Å². The monoisotopic (exact) mass is 348 g/mol. The molecule has 1 aromatic heterocycles. The molecule has 122 valence electrons. The van der Waals surface area contributed by atoms with Crippen LogP contribution < -0.4 is 10.9 Å². The van der Waals surface area contributed by atoms with E-state index in [9.17, 15) is 27.2 Å². The fourth-order valence-corrected chi connectivity index (χ4v) is 1.93. The second-order valence-electron chi connectivity index (χ2n) is 4.56. The zero-order valence-corrected chi connectivity index (χ0v) is 12.1. The number of benzene rings is 1. The fraction of sp³-hybridized carbons (Fsp3) is 0.143. The molecule has 0 bridgehead atoms. The van der Waals surface area contributed by atoms with Crippen molar-refractivity contribution in [3.63, 3.8) is 0 Å². The van der Waals surface area contributed by atoms with Gasteiger partial charge in [0.25, 0.3) is 5.56 Å². The van der Waals surface area contributed by atoms with Crippen LogP contribution in [0.1, 0.15) is 5.56 Å². The summed E-state index contributed by atoms with van der Waals surface area (Å²) in [6.07, 6.45) is -4.07. The van der Waals surface area contributed by atoms with E-state index in [2.05, 4.69) is 5.32 Å². The van der Waals surface area contributed by atoms with E-state index in [0.717, 1.165) is 18.2 Å². The first-order chi connectivity index (χ1) is 10.7. The minimum absolute atomic E-state index is 0.154. The van der Waals surface area contributed by atoms with E-state index in [1.165, 1.54) is 6.07 Å². The summed E-state index contributed by atoms with van der Waals surface area (Å²) in [5.41, 5.74) is -1.65. The van der Waals surface area contributed by atoms with Crippen LogP contribution in [0.15, 0.2) is 41.3 Å². The highest BCUT2D eigenvalue weighted by atomic mass is 35.5. The number of hydrogen-bond donors (Lipinski definition) is 1. The Balaban J connectivity index is 2.17. The summed E-state index contributed by atoms with van der Waals surface area (Å²) in [7, 11) is 0. The molecular formula is C14H9ClF4N2O2. The molecule has 0 radical (unpaired) electrons. The van der Waals surface area contributed by atoms with E-state index in [1.54, 1.807) is 0 Å². The third kappa shape index (κ3) is 4.32. The molecular weight excluding hydrogens is 340 g/mol. The zero-order chi connectivity index (χ0) is 17.2. The number of nitrogens with one attached hydrogen (secondary N) is 1. The van der Waals surface area contributed by atoms with Crippen molar-refractivity contribution in [2.75, 3.05) is 5.32 Å². The van der Waals surface area contributed by atoms with Gasteiger partial charge in [-0.05, 0) is 24.3 Å². The lowest BCUT2D eigenvalue weighted by Crippen LogP contribution is -2.28. The number of anilines is 1. The summed E-state index contributed by atoms with van der Waals surface area (Å²) in [6.45, 7) is -0.627. The van der Waals surface area contributed by atoms with Crippen molar-refractivity contribution in [3.05, 3.63) is 63.3 Å². The lowest BCUT2D eigenvalue weighted by Gasteiger charge is -2.11. The normalized spacial score (nSPS) is 11.3. The standard InChI is InChI=1S/C14H9ClF4N2O2/c15-10-5-9(2-3-11(10)16)20-12(22)7-21-6-8(14(17,18)19)1-4-13(21)23/h1-6H,7H2,(H,20,22). The van der Waals surface area contributed by atoms with Gasteiger partial charge in [-0.2, -0.15) is 13.2 Å². The van der Waals surface area contributed by atoms with Gasteiger partial charge in [-0.1, -0.05) is 11.6 Å². The van der Waals surface area contributed by atoms with Crippen molar-refractivity contribution >= 4 is 23.2 Å². The zero-order valence-electron chi connectivity index (χ0n) is 11.3. The van der Waals surface area contributed by atoms with E-state index in [-0.39, 0.29) is 10.7 Å². The fourth-order valence-electron chi connectivity index (χ4n) is 1.75. The van der Waals surface area contributed by atoms with Crippen molar-refractivity contribution in [3.8, 4) is 0 Å². The molecule has 0 atom stereocenters. The Morgan fingerprint density at radius 1 is 1.22 bits per heavy atom. The Morgan fingerprint density at radius 3 is 2.52 bits per heavy atom. The number of hydrogen-bond acceptors (Lipinski definition) is 2. The number of rotatable bonds is 3. The Morgan fingerprint density at radius 2 is 1.91 bits per heavy atom. The lowest BCUT2D eigenvalue weighted by molar-refractivity contribution is -0.138. The molecule has 2 rings (SSSR count). The van der Waals surface area contributed by atoms with Gasteiger partial charge in [0.2, 0.25) is 5.91 Å². The summed E-state index contributed by atoms with van der Waals surface area (Å²) in [5, 5.41) is 2.09. The maximum atomic E-state index is 13.0. The molecule has 4 nitrogen and oxygen atoms in total. The average molecular weight is 349 g/mol. The molecule has 23 heavy (non-hydrogen) atoms. The molecule has 0 fully saturated rings. The quantitative estimate of drug-likeness (QED) is 0.865. The second kappa shape index (κ2) is 6.41. The van der Waals surface area contributed by atoms with Crippen LogP contribution >= 0.6 is 11.6 Å². The van der Waals surface area contributed by atoms with Gasteiger partial charge in [0, 0.05) is 18.0 Å². The topological polar surface area (TPSA) is 51.1 Å². The van der Waals surface area contributed by atoms with Gasteiger partial charge in [-0.15, -0.1) is 0 Å². The SMILES string of the molecule is O=C(Cn1cc(C(F)(F)F)ccc1=O)Nc1ccc(F)c(Cl)c1. The molecule has 0 aliphatic carbocycles. The van der Waals surface area contributed by atoms with E-state index in [0.29, 0.717) is 16.8 Å². The summed E-state index contributed by atoms with van der Waals surface area (Å²) < 4.78 is 51.4. The minimum Gasteiger partial charge on any atom is -0.324 e. The summed E-state index contributed by atoms with van der Waals surface area (Å²) in [6, 6.07) is 4.76. The molecule has 0 unspecified atom stereocenters. The summed E-state index contributed by atoms with van der Waals surface area (Å²) in [4.78, 5) is 23.3. The maximum absolute atomic E-state index is 13.0. The van der Waals surface area contributed by atoms with Crippen molar-refractivity contribution in [2.24, 2.45) is 0 Å². The third-order valence-corrected chi connectivity index (χ3v) is 3.12. The number of pyridine rings is 1. The van der Waals surface area contributed by atoms with Crippen LogP contribution in [0.5, 0.6) is 0 Å². The van der Waals surface area contributed by atoms with Crippen LogP contribution in [0.4, 0.5) is 23.2 Å². The molecule has 0 aliphatic heterocycles. The number of carbonyl (C=O) groups is 1. The van der Waals surface area contributed by atoms with Gasteiger partial charge in [0.05, 0.1) is 10.6 Å². The Kier molecular flexibility index (Phi) is 4.74. The van der Waals surface area contributed by atoms with Crippen LogP contribution in [0, 0.1) is 5.82 Å². The van der Waals surface area contributed by atoms with Gasteiger partial charge in [0.15, 0.2) is 0 Å². The highest BCUT2D eigenvalue weighted by molar-refractivity contribution is 6.31. The molecule has 0 saturated heterocycles. The molecule has 0 spiro atoms. The Labute approximate surface area is 132 Å². The van der Waals surface area contributed by atoms with Crippen LogP contribution in [0.3, 0.4) is 0 Å². The van der Waals surface area contributed by atoms with Crippen LogP contribution in [0.25, 0.3) is 0 Å². The highest BCUT2D eigenvalue weighted by Gasteiger charge is 2.31. The molecule has 1 heterocycles. The Hall–Kier alpha value is -2.35. The van der Waals surface area contributed by atoms with Crippen molar-refractivity contribution in [1.82, 2.24) is 4.57 Å². The average Bonchev–Trinajstić information content (AvgIpc) is 2.44. The molecule has 2 aromatic rings.